The van der Waals surface area contributed by atoms with Crippen LogP contribution >= 0.6 is 0 Å². The van der Waals surface area contributed by atoms with Crippen LogP contribution in [0.4, 0.5) is 10.1 Å². The van der Waals surface area contributed by atoms with Crippen molar-refractivity contribution in [1.82, 2.24) is 9.78 Å². The van der Waals surface area contributed by atoms with Gasteiger partial charge in [0.2, 0.25) is 0 Å². The van der Waals surface area contributed by atoms with Gasteiger partial charge >= 0.3 is 0 Å². The molecule has 3 aromatic rings. The maximum Gasteiger partial charge on any atom is 0.255 e. The topological polar surface area (TPSA) is 46.9 Å². The number of nitrogens with zero attached hydrogens (tertiary/aromatic N) is 2. The fraction of sp³-hybridized carbons (Fsp3) is 0.158. The van der Waals surface area contributed by atoms with Gasteiger partial charge in [0.05, 0.1) is 11.4 Å². The summed E-state index contributed by atoms with van der Waals surface area (Å²) in [6.07, 6.45) is 0. The van der Waals surface area contributed by atoms with Gasteiger partial charge in [0.25, 0.3) is 5.91 Å². The molecule has 0 saturated heterocycles. The van der Waals surface area contributed by atoms with E-state index >= 15 is 0 Å². The first-order chi connectivity index (χ1) is 11.4. The first-order valence-electron chi connectivity index (χ1n) is 7.65. The highest BCUT2D eigenvalue weighted by Crippen LogP contribution is 2.16. The predicted octanol–water partition coefficient (Wildman–Crippen LogP) is 4.19. The molecule has 2 aromatic carbocycles. The molecule has 0 unspecified atom stereocenters. The number of aryl methyl sites for hydroxylation is 3. The third-order valence-electron chi connectivity index (χ3n) is 3.81. The van der Waals surface area contributed by atoms with Crippen molar-refractivity contribution < 1.29 is 9.18 Å². The van der Waals surface area contributed by atoms with Gasteiger partial charge in [0.15, 0.2) is 0 Å². The van der Waals surface area contributed by atoms with Crippen LogP contribution in [0.2, 0.25) is 0 Å². The fourth-order valence-electron chi connectivity index (χ4n) is 2.52. The molecule has 0 bridgehead atoms. The van der Waals surface area contributed by atoms with E-state index in [4.69, 9.17) is 0 Å². The second kappa shape index (κ2) is 6.28. The van der Waals surface area contributed by atoms with Crippen molar-refractivity contribution in [2.24, 2.45) is 0 Å². The number of rotatable bonds is 3. The maximum atomic E-state index is 13.6. The van der Waals surface area contributed by atoms with Gasteiger partial charge < -0.3 is 5.32 Å². The Kier molecular flexibility index (Phi) is 4.16. The summed E-state index contributed by atoms with van der Waals surface area (Å²) in [6.45, 7) is 5.59. The highest BCUT2D eigenvalue weighted by molar-refractivity contribution is 6.04. The van der Waals surface area contributed by atoms with Crippen molar-refractivity contribution >= 4 is 11.6 Å². The van der Waals surface area contributed by atoms with Crippen LogP contribution < -0.4 is 5.32 Å². The average molecular weight is 323 g/mol. The van der Waals surface area contributed by atoms with E-state index in [9.17, 15) is 9.18 Å². The van der Waals surface area contributed by atoms with Crippen molar-refractivity contribution in [2.45, 2.75) is 20.8 Å². The number of amides is 1. The lowest BCUT2D eigenvalue weighted by Gasteiger charge is -2.08. The van der Waals surface area contributed by atoms with Crippen molar-refractivity contribution in [3.8, 4) is 5.69 Å². The highest BCUT2D eigenvalue weighted by Gasteiger charge is 2.09. The first kappa shape index (κ1) is 15.9. The monoisotopic (exact) mass is 323 g/mol. The van der Waals surface area contributed by atoms with Gasteiger partial charge in [0.1, 0.15) is 5.82 Å². The first-order valence-corrected chi connectivity index (χ1v) is 7.65. The van der Waals surface area contributed by atoms with Crippen LogP contribution in [-0.2, 0) is 0 Å². The molecule has 122 valence electrons. The third-order valence-corrected chi connectivity index (χ3v) is 3.81. The molecule has 1 aromatic heterocycles. The Hall–Kier alpha value is -2.95. The molecule has 1 N–H and O–H groups in total. The number of carbonyl (C=O) groups is 1. The van der Waals surface area contributed by atoms with Crippen molar-refractivity contribution in [2.75, 3.05) is 5.32 Å². The molecule has 0 saturated carbocycles. The van der Waals surface area contributed by atoms with Gasteiger partial charge in [-0.3, -0.25) is 4.79 Å². The maximum absolute atomic E-state index is 13.6. The van der Waals surface area contributed by atoms with Gasteiger partial charge in [-0.05, 0) is 68.8 Å². The van der Waals surface area contributed by atoms with Crippen LogP contribution in [0.5, 0.6) is 0 Å². The number of nitrogens with one attached hydrogen (secondary N) is 1. The van der Waals surface area contributed by atoms with Crippen molar-refractivity contribution in [1.29, 1.82) is 0 Å². The number of aromatic nitrogens is 2. The zero-order valence-electron chi connectivity index (χ0n) is 13.8. The number of carbonyl (C=O) groups excluding carboxylic acids is 1. The number of benzene rings is 2. The smallest absolute Gasteiger partial charge is 0.255 e. The summed E-state index contributed by atoms with van der Waals surface area (Å²) in [5.74, 6) is -0.620. The van der Waals surface area contributed by atoms with E-state index in [-0.39, 0.29) is 11.7 Å². The van der Waals surface area contributed by atoms with Crippen LogP contribution in [-0.4, -0.2) is 15.7 Å². The minimum absolute atomic E-state index is 0.279. The summed E-state index contributed by atoms with van der Waals surface area (Å²) >= 11 is 0. The van der Waals surface area contributed by atoms with Gasteiger partial charge in [-0.1, -0.05) is 6.07 Å². The van der Waals surface area contributed by atoms with Crippen LogP contribution in [0.15, 0.2) is 48.5 Å². The minimum Gasteiger partial charge on any atom is -0.322 e. The Bertz CT molecular complexity index is 897. The standard InChI is InChI=1S/C19H18FN3O/c1-12-4-7-16(11-18(12)20)21-19(24)15-5-8-17(9-6-15)23-14(3)10-13(2)22-23/h4-11H,1-3H3,(H,21,24). The summed E-state index contributed by atoms with van der Waals surface area (Å²) in [4.78, 5) is 12.3. The Morgan fingerprint density at radius 1 is 1.04 bits per heavy atom. The molecule has 3 rings (SSSR count). The molecule has 1 amide bonds. The Labute approximate surface area is 139 Å². The Morgan fingerprint density at radius 3 is 2.33 bits per heavy atom. The molecule has 1 heterocycles. The predicted molar refractivity (Wildman–Crippen MR) is 92.1 cm³/mol. The van der Waals surface area contributed by atoms with Gasteiger partial charge in [-0.2, -0.15) is 5.10 Å². The van der Waals surface area contributed by atoms with Crippen molar-refractivity contribution in [3.63, 3.8) is 0 Å². The molecule has 0 aliphatic rings. The van der Waals surface area contributed by atoms with E-state index in [0.29, 0.717) is 16.8 Å². The Balaban J connectivity index is 1.78. The number of halogens is 1. The molecule has 0 radical (unpaired) electrons. The van der Waals surface area contributed by atoms with E-state index in [2.05, 4.69) is 10.4 Å². The number of hydrogen-bond acceptors (Lipinski definition) is 2. The van der Waals surface area contributed by atoms with Crippen LogP contribution in [0.3, 0.4) is 0 Å². The van der Waals surface area contributed by atoms with E-state index in [1.165, 1.54) is 6.07 Å². The third kappa shape index (κ3) is 3.20. The summed E-state index contributed by atoms with van der Waals surface area (Å²) in [5, 5.41) is 7.11. The lowest BCUT2D eigenvalue weighted by Crippen LogP contribution is -2.12. The zero-order chi connectivity index (χ0) is 17.3. The SMILES string of the molecule is Cc1cc(C)n(-c2ccc(C(=O)Nc3ccc(C)c(F)c3)cc2)n1. The summed E-state index contributed by atoms with van der Waals surface area (Å²) in [6, 6.07) is 13.8. The number of anilines is 1. The average Bonchev–Trinajstić information content (AvgIpc) is 2.89. The van der Waals surface area contributed by atoms with Gasteiger partial charge in [-0.25, -0.2) is 9.07 Å². The second-order valence-electron chi connectivity index (χ2n) is 5.80. The largest absolute Gasteiger partial charge is 0.322 e. The molecular formula is C19H18FN3O. The zero-order valence-corrected chi connectivity index (χ0v) is 13.8. The minimum atomic E-state index is -0.340. The van der Waals surface area contributed by atoms with Crippen LogP contribution in [0, 0.1) is 26.6 Å². The summed E-state index contributed by atoms with van der Waals surface area (Å²) < 4.78 is 15.4. The molecule has 0 atom stereocenters. The van der Waals surface area contributed by atoms with E-state index in [1.807, 2.05) is 36.7 Å². The molecule has 5 heteroatoms. The normalized spacial score (nSPS) is 10.7. The van der Waals surface area contributed by atoms with Crippen LogP contribution in [0.1, 0.15) is 27.3 Å². The molecule has 4 nitrogen and oxygen atoms in total. The Morgan fingerprint density at radius 2 is 1.75 bits per heavy atom. The van der Waals surface area contributed by atoms with E-state index in [1.54, 1.807) is 31.2 Å². The summed E-state index contributed by atoms with van der Waals surface area (Å²) in [5.41, 5.74) is 4.34. The molecular weight excluding hydrogens is 305 g/mol. The molecule has 24 heavy (non-hydrogen) atoms. The van der Waals surface area contributed by atoms with Gasteiger partial charge in [-0.15, -0.1) is 0 Å². The lowest BCUT2D eigenvalue weighted by molar-refractivity contribution is 0.102. The molecule has 0 aliphatic heterocycles. The highest BCUT2D eigenvalue weighted by atomic mass is 19.1. The number of hydrogen-bond donors (Lipinski definition) is 1. The summed E-state index contributed by atoms with van der Waals surface area (Å²) in [7, 11) is 0. The quantitative estimate of drug-likeness (QED) is 0.785. The van der Waals surface area contributed by atoms with Crippen molar-refractivity contribution in [3.05, 3.63) is 76.9 Å². The fourth-order valence-corrected chi connectivity index (χ4v) is 2.52. The molecule has 0 fully saturated rings. The second-order valence-corrected chi connectivity index (χ2v) is 5.80. The van der Waals surface area contributed by atoms with E-state index in [0.717, 1.165) is 17.1 Å². The van der Waals surface area contributed by atoms with Crippen LogP contribution in [0.25, 0.3) is 5.69 Å². The molecule has 0 aliphatic carbocycles. The lowest BCUT2D eigenvalue weighted by atomic mass is 10.1. The van der Waals surface area contributed by atoms with Gasteiger partial charge in [0, 0.05) is 16.9 Å². The van der Waals surface area contributed by atoms with E-state index < -0.39 is 0 Å². The molecule has 0 spiro atoms.